The van der Waals surface area contributed by atoms with Gasteiger partial charge in [0, 0.05) is 33.5 Å². The summed E-state index contributed by atoms with van der Waals surface area (Å²) in [6.07, 6.45) is 0. The molecule has 1 saturated heterocycles. The van der Waals surface area contributed by atoms with E-state index in [2.05, 4.69) is 4.98 Å². The van der Waals surface area contributed by atoms with E-state index in [0.29, 0.717) is 20.5 Å². The van der Waals surface area contributed by atoms with Crippen LogP contribution in [0.15, 0.2) is 76.6 Å². The van der Waals surface area contributed by atoms with Crippen LogP contribution in [0.2, 0.25) is 5.02 Å². The molecule has 3 heterocycles. The predicted octanol–water partition coefficient (Wildman–Crippen LogP) is 5.51. The van der Waals surface area contributed by atoms with Crippen LogP contribution in [0.3, 0.4) is 0 Å². The van der Waals surface area contributed by atoms with Gasteiger partial charge in [-0.25, -0.2) is 9.29 Å². The van der Waals surface area contributed by atoms with Crippen LogP contribution in [-0.2, 0) is 16.2 Å². The van der Waals surface area contributed by atoms with E-state index < -0.39 is 39.6 Å². The van der Waals surface area contributed by atoms with Crippen molar-refractivity contribution in [2.24, 2.45) is 5.92 Å². The van der Waals surface area contributed by atoms with Gasteiger partial charge in [0.05, 0.1) is 21.6 Å². The van der Waals surface area contributed by atoms with Gasteiger partial charge in [0.1, 0.15) is 23.4 Å². The summed E-state index contributed by atoms with van der Waals surface area (Å²) in [4.78, 5) is 54.9. The van der Waals surface area contributed by atoms with Gasteiger partial charge in [-0.3, -0.25) is 24.5 Å². The zero-order valence-electron chi connectivity index (χ0n) is 20.2. The van der Waals surface area contributed by atoms with E-state index in [1.807, 2.05) is 0 Å². The number of fused-ring (bicyclic) bond motifs is 2. The lowest BCUT2D eigenvalue weighted by molar-refractivity contribution is -0.385. The summed E-state index contributed by atoms with van der Waals surface area (Å²) < 4.78 is 19.7. The van der Waals surface area contributed by atoms with Crippen molar-refractivity contribution < 1.29 is 23.6 Å². The molecule has 2 amide bonds. The Hall–Kier alpha value is -4.00. The molecule has 2 aliphatic rings. The molecule has 13 heteroatoms. The lowest BCUT2D eigenvalue weighted by atomic mass is 9.82. The Balaban J connectivity index is 1.48. The molecule has 3 atom stereocenters. The highest BCUT2D eigenvalue weighted by atomic mass is 35.5. The number of benzene rings is 3. The number of aromatic amines is 1. The summed E-state index contributed by atoms with van der Waals surface area (Å²) in [6, 6.07) is 16.0. The summed E-state index contributed by atoms with van der Waals surface area (Å²) in [6.45, 7) is 0.0751. The minimum absolute atomic E-state index is 0.0751. The Labute approximate surface area is 238 Å². The third-order valence-electron chi connectivity index (χ3n) is 6.73. The lowest BCUT2D eigenvalue weighted by Gasteiger charge is -2.30. The van der Waals surface area contributed by atoms with Gasteiger partial charge < -0.3 is 9.72 Å². The molecule has 0 saturated carbocycles. The number of ether oxygens (including phenoxy) is 1. The van der Waals surface area contributed by atoms with Crippen LogP contribution in [0.25, 0.3) is 0 Å². The van der Waals surface area contributed by atoms with Crippen LogP contribution < -0.4 is 14.5 Å². The number of thiazole rings is 1. The number of amides is 2. The second-order valence-electron chi connectivity index (χ2n) is 9.14. The molecule has 6 rings (SSSR count). The number of nitro benzene ring substituents is 1. The first-order chi connectivity index (χ1) is 19.2. The summed E-state index contributed by atoms with van der Waals surface area (Å²) in [5, 5.41) is 11.7. The van der Waals surface area contributed by atoms with Gasteiger partial charge in [-0.15, -0.1) is 0 Å². The zero-order valence-corrected chi connectivity index (χ0v) is 22.6. The molecular formula is C27H17ClFN3O6S2. The summed E-state index contributed by atoms with van der Waals surface area (Å²) in [5.74, 6) is -3.25. The number of thioether (sulfide) groups is 1. The molecule has 0 bridgehead atoms. The van der Waals surface area contributed by atoms with Crippen molar-refractivity contribution in [2.45, 2.75) is 22.8 Å². The Morgan fingerprint density at radius 2 is 1.82 bits per heavy atom. The minimum Gasteiger partial charge on any atom is -0.489 e. The maximum Gasteiger partial charge on any atom is 0.305 e. The number of nitro groups is 1. The highest BCUT2D eigenvalue weighted by Crippen LogP contribution is 2.55. The molecule has 4 aromatic rings. The van der Waals surface area contributed by atoms with Crippen molar-refractivity contribution in [3.63, 3.8) is 0 Å². The van der Waals surface area contributed by atoms with Crippen molar-refractivity contribution in [2.75, 3.05) is 4.90 Å². The molecule has 2 unspecified atom stereocenters. The van der Waals surface area contributed by atoms with Crippen molar-refractivity contribution in [3.8, 4) is 5.75 Å². The summed E-state index contributed by atoms with van der Waals surface area (Å²) in [7, 11) is 0. The number of anilines is 1. The monoisotopic (exact) mass is 597 g/mol. The molecule has 40 heavy (non-hydrogen) atoms. The number of nitrogens with one attached hydrogen (secondary N) is 1. The number of hydrogen-bond donors (Lipinski definition) is 1. The van der Waals surface area contributed by atoms with Gasteiger partial charge >= 0.3 is 4.87 Å². The fraction of sp³-hybridized carbons (Fsp3) is 0.148. The smallest absolute Gasteiger partial charge is 0.305 e. The van der Waals surface area contributed by atoms with E-state index in [4.69, 9.17) is 16.3 Å². The molecule has 1 N–H and O–H groups in total. The van der Waals surface area contributed by atoms with E-state index >= 15 is 0 Å². The summed E-state index contributed by atoms with van der Waals surface area (Å²) >= 11 is 8.04. The van der Waals surface area contributed by atoms with E-state index in [1.54, 1.807) is 24.3 Å². The standard InChI is InChI=1S/C27H17ClFN3O6S2/c28-14-3-1-2-13(10-14)12-38-19-9-8-17(32(36)37)11-18(19)20-21-23(39-24-22(20)40-27(35)30-24)26(34)31(25(21)33)16-6-4-15(29)5-7-16/h1-11,20-21,23H,12H2,(H,30,35)/t20-,21?,23?/m1/s1. The summed E-state index contributed by atoms with van der Waals surface area (Å²) in [5.41, 5.74) is 1.01. The molecular weight excluding hydrogens is 581 g/mol. The number of carbonyl (C=O) groups is 2. The minimum atomic E-state index is -1.00. The molecule has 1 aromatic heterocycles. The third kappa shape index (κ3) is 4.57. The van der Waals surface area contributed by atoms with E-state index in [9.17, 15) is 28.9 Å². The molecule has 0 radical (unpaired) electrons. The molecule has 9 nitrogen and oxygen atoms in total. The van der Waals surface area contributed by atoms with Gasteiger partial charge in [0.15, 0.2) is 0 Å². The van der Waals surface area contributed by atoms with Crippen LogP contribution in [-0.4, -0.2) is 27.0 Å². The van der Waals surface area contributed by atoms with Crippen molar-refractivity contribution in [1.82, 2.24) is 4.98 Å². The van der Waals surface area contributed by atoms with E-state index in [-0.39, 0.29) is 28.6 Å². The second kappa shape index (κ2) is 10.2. The number of carbonyl (C=O) groups excluding carboxylic acids is 2. The first-order valence-corrected chi connectivity index (χ1v) is 14.0. The fourth-order valence-electron chi connectivity index (χ4n) is 5.01. The Bertz CT molecular complexity index is 1740. The van der Waals surface area contributed by atoms with E-state index in [1.165, 1.54) is 30.3 Å². The number of non-ortho nitro benzene ring substituents is 1. The number of rotatable bonds is 6. The molecule has 202 valence electrons. The number of halogens is 2. The molecule has 2 aliphatic heterocycles. The van der Waals surface area contributed by atoms with Gasteiger partial charge in [-0.1, -0.05) is 46.8 Å². The molecule has 3 aromatic carbocycles. The lowest BCUT2D eigenvalue weighted by Crippen LogP contribution is -2.32. The number of hydrogen-bond acceptors (Lipinski definition) is 8. The predicted molar refractivity (Wildman–Crippen MR) is 148 cm³/mol. The average Bonchev–Trinajstić information content (AvgIpc) is 3.42. The third-order valence-corrected chi connectivity index (χ3v) is 9.37. The fourth-order valence-corrected chi connectivity index (χ4v) is 7.73. The van der Waals surface area contributed by atoms with E-state index in [0.717, 1.165) is 45.7 Å². The Morgan fingerprint density at radius 3 is 2.55 bits per heavy atom. The molecule has 0 aliphatic carbocycles. The van der Waals surface area contributed by atoms with Gasteiger partial charge in [-0.05, 0) is 48.0 Å². The van der Waals surface area contributed by atoms with Crippen molar-refractivity contribution in [1.29, 1.82) is 0 Å². The topological polar surface area (TPSA) is 123 Å². The van der Waals surface area contributed by atoms with Crippen LogP contribution >= 0.6 is 34.7 Å². The van der Waals surface area contributed by atoms with Gasteiger partial charge in [-0.2, -0.15) is 0 Å². The van der Waals surface area contributed by atoms with Gasteiger partial charge in [0.2, 0.25) is 11.8 Å². The highest BCUT2D eigenvalue weighted by molar-refractivity contribution is 8.00. The number of H-pyrrole nitrogens is 1. The SMILES string of the molecule is O=C1C2Sc3[nH]c(=O)sc3[C@H](c3cc([N+](=O)[O-])ccc3OCc3cccc(Cl)c3)C2C(=O)N1c1ccc(F)cc1. The van der Waals surface area contributed by atoms with Crippen LogP contribution in [0.1, 0.15) is 21.9 Å². The Kier molecular flexibility index (Phi) is 6.69. The number of imide groups is 1. The van der Waals surface area contributed by atoms with Crippen LogP contribution in [0, 0.1) is 21.8 Å². The van der Waals surface area contributed by atoms with Crippen molar-refractivity contribution in [3.05, 3.63) is 113 Å². The number of nitrogens with zero attached hydrogens (tertiary/aromatic N) is 2. The largest absolute Gasteiger partial charge is 0.489 e. The zero-order chi connectivity index (χ0) is 28.1. The first kappa shape index (κ1) is 26.2. The second-order valence-corrected chi connectivity index (χ2v) is 11.7. The maximum atomic E-state index is 13.9. The average molecular weight is 598 g/mol. The normalized spacial score (nSPS) is 19.9. The quantitative estimate of drug-likeness (QED) is 0.177. The van der Waals surface area contributed by atoms with Crippen LogP contribution in [0.5, 0.6) is 5.75 Å². The van der Waals surface area contributed by atoms with Gasteiger partial charge in [0.25, 0.3) is 5.69 Å². The molecule has 1 fully saturated rings. The number of aromatic nitrogens is 1. The highest BCUT2D eigenvalue weighted by Gasteiger charge is 2.57. The Morgan fingerprint density at radius 1 is 1.05 bits per heavy atom. The van der Waals surface area contributed by atoms with Crippen LogP contribution in [0.4, 0.5) is 15.8 Å². The maximum absolute atomic E-state index is 13.9. The molecule has 0 spiro atoms. The van der Waals surface area contributed by atoms with Crippen molar-refractivity contribution >= 4 is 57.9 Å². The first-order valence-electron chi connectivity index (χ1n) is 11.9.